The number of ether oxygens (including phenoxy) is 1. The van der Waals surface area contributed by atoms with E-state index >= 15 is 0 Å². The molecule has 1 aliphatic heterocycles. The van der Waals surface area contributed by atoms with Crippen LogP contribution in [0.25, 0.3) is 11.1 Å². The highest BCUT2D eigenvalue weighted by atomic mass is 32.2. The standard InChI is InChI=1S/C17H22N2O4S/c1-17(2,3)23-16(20)19-10-6-7-12(11-19)24(21)15-18-13-8-4-5-9-14(13)22-15/h4-5,8-9,12H,6-7,10-11H2,1-3H3/t12-,24+/m0/s1. The number of nitrogens with zero attached hydrogens (tertiary/aromatic N) is 2. The predicted octanol–water partition coefficient (Wildman–Crippen LogP) is 3.33. The van der Waals surface area contributed by atoms with Crippen LogP contribution in [0.5, 0.6) is 0 Å². The van der Waals surface area contributed by atoms with Crippen LogP contribution >= 0.6 is 0 Å². The van der Waals surface area contributed by atoms with Crippen LogP contribution in [-0.4, -0.2) is 44.1 Å². The number of hydrogen-bond acceptors (Lipinski definition) is 5. The molecule has 0 spiro atoms. The van der Waals surface area contributed by atoms with E-state index in [1.165, 1.54) is 0 Å². The van der Waals surface area contributed by atoms with Gasteiger partial charge in [0.15, 0.2) is 5.58 Å². The molecule has 0 radical (unpaired) electrons. The zero-order valence-electron chi connectivity index (χ0n) is 14.2. The van der Waals surface area contributed by atoms with Crippen molar-refractivity contribution < 1.29 is 18.2 Å². The Balaban J connectivity index is 1.72. The van der Waals surface area contributed by atoms with E-state index in [0.717, 1.165) is 12.8 Å². The maximum atomic E-state index is 12.8. The summed E-state index contributed by atoms with van der Waals surface area (Å²) in [6, 6.07) is 7.35. The summed E-state index contributed by atoms with van der Waals surface area (Å²) in [7, 11) is -1.39. The van der Waals surface area contributed by atoms with Crippen molar-refractivity contribution in [1.29, 1.82) is 0 Å². The molecule has 1 amide bonds. The van der Waals surface area contributed by atoms with Crippen molar-refractivity contribution in [2.24, 2.45) is 0 Å². The van der Waals surface area contributed by atoms with E-state index in [0.29, 0.717) is 24.2 Å². The Morgan fingerprint density at radius 3 is 2.83 bits per heavy atom. The molecule has 1 aromatic heterocycles. The minimum atomic E-state index is -1.39. The second-order valence-electron chi connectivity index (χ2n) is 6.94. The second-order valence-corrected chi connectivity index (χ2v) is 8.55. The third-order valence-corrected chi connectivity index (χ3v) is 5.29. The molecule has 2 heterocycles. The van der Waals surface area contributed by atoms with E-state index < -0.39 is 16.4 Å². The first-order valence-corrected chi connectivity index (χ1v) is 9.29. The van der Waals surface area contributed by atoms with Gasteiger partial charge in [0, 0.05) is 13.1 Å². The van der Waals surface area contributed by atoms with Gasteiger partial charge in [-0.05, 0) is 45.7 Å². The number of fused-ring (bicyclic) bond motifs is 1. The second kappa shape index (κ2) is 6.55. The summed E-state index contributed by atoms with van der Waals surface area (Å²) in [5, 5.41) is 0.0339. The Labute approximate surface area is 143 Å². The van der Waals surface area contributed by atoms with Gasteiger partial charge in [-0.25, -0.2) is 14.0 Å². The number of aromatic nitrogens is 1. The number of piperidine rings is 1. The van der Waals surface area contributed by atoms with Crippen molar-refractivity contribution in [3.63, 3.8) is 0 Å². The lowest BCUT2D eigenvalue weighted by Crippen LogP contribution is -2.45. The van der Waals surface area contributed by atoms with Gasteiger partial charge in [-0.2, -0.15) is 0 Å². The lowest BCUT2D eigenvalue weighted by molar-refractivity contribution is 0.0219. The molecule has 2 aromatic rings. The van der Waals surface area contributed by atoms with Crippen molar-refractivity contribution in [3.8, 4) is 0 Å². The molecule has 3 rings (SSSR count). The first-order valence-electron chi connectivity index (χ1n) is 8.07. The molecule has 7 heteroatoms. The summed E-state index contributed by atoms with van der Waals surface area (Å²) in [6.07, 6.45) is 1.20. The van der Waals surface area contributed by atoms with Gasteiger partial charge in [0.2, 0.25) is 0 Å². The number of benzene rings is 1. The zero-order valence-corrected chi connectivity index (χ0v) is 15.0. The van der Waals surface area contributed by atoms with Gasteiger partial charge >= 0.3 is 6.09 Å². The molecule has 2 atom stereocenters. The topological polar surface area (TPSA) is 72.6 Å². The Morgan fingerprint density at radius 2 is 2.12 bits per heavy atom. The van der Waals surface area contributed by atoms with Crippen molar-refractivity contribution in [3.05, 3.63) is 24.3 Å². The first-order chi connectivity index (χ1) is 11.3. The highest BCUT2D eigenvalue weighted by Gasteiger charge is 2.32. The summed E-state index contributed by atoms with van der Waals surface area (Å²) < 4.78 is 23.8. The molecular weight excluding hydrogens is 328 g/mol. The number of carbonyl (C=O) groups excluding carboxylic acids is 1. The third kappa shape index (κ3) is 3.77. The number of likely N-dealkylation sites (tertiary alicyclic amines) is 1. The smallest absolute Gasteiger partial charge is 0.410 e. The van der Waals surface area contributed by atoms with Crippen LogP contribution in [0.3, 0.4) is 0 Å². The summed E-state index contributed by atoms with van der Waals surface area (Å²) in [4.78, 5) is 18.2. The average molecular weight is 350 g/mol. The first kappa shape index (κ1) is 17.0. The number of hydrogen-bond donors (Lipinski definition) is 0. The van der Waals surface area contributed by atoms with Crippen LogP contribution in [0.4, 0.5) is 4.79 Å². The monoisotopic (exact) mass is 350 g/mol. The quantitative estimate of drug-likeness (QED) is 0.830. The average Bonchev–Trinajstić information content (AvgIpc) is 2.96. The molecule has 0 saturated carbocycles. The fourth-order valence-corrected chi connectivity index (χ4v) is 4.03. The largest absolute Gasteiger partial charge is 0.444 e. The molecule has 0 N–H and O–H groups in total. The number of para-hydroxylation sites is 2. The van der Waals surface area contributed by atoms with Crippen molar-refractivity contribution in [1.82, 2.24) is 9.88 Å². The maximum Gasteiger partial charge on any atom is 0.410 e. The Hall–Kier alpha value is -1.89. The zero-order chi connectivity index (χ0) is 17.3. The Kier molecular flexibility index (Phi) is 4.62. The molecule has 1 fully saturated rings. The lowest BCUT2D eigenvalue weighted by atomic mass is 10.1. The van der Waals surface area contributed by atoms with E-state index in [2.05, 4.69) is 4.98 Å². The van der Waals surface area contributed by atoms with E-state index in [9.17, 15) is 9.00 Å². The fraction of sp³-hybridized carbons (Fsp3) is 0.529. The molecule has 1 saturated heterocycles. The van der Waals surface area contributed by atoms with Crippen LogP contribution in [0.15, 0.2) is 33.9 Å². The van der Waals surface area contributed by atoms with Gasteiger partial charge in [-0.3, -0.25) is 0 Å². The van der Waals surface area contributed by atoms with Crippen molar-refractivity contribution in [2.45, 2.75) is 49.7 Å². The van der Waals surface area contributed by atoms with Gasteiger partial charge in [0.05, 0.1) is 5.25 Å². The van der Waals surface area contributed by atoms with Crippen LogP contribution in [0.1, 0.15) is 33.6 Å². The lowest BCUT2D eigenvalue weighted by Gasteiger charge is -2.33. The van der Waals surface area contributed by atoms with Crippen LogP contribution in [-0.2, 0) is 15.5 Å². The van der Waals surface area contributed by atoms with E-state index in [1.807, 2.05) is 39.0 Å². The highest BCUT2D eigenvalue weighted by Crippen LogP contribution is 2.24. The highest BCUT2D eigenvalue weighted by molar-refractivity contribution is 7.85. The van der Waals surface area contributed by atoms with Crippen LogP contribution in [0.2, 0.25) is 0 Å². The third-order valence-electron chi connectivity index (χ3n) is 3.78. The predicted molar refractivity (Wildman–Crippen MR) is 91.2 cm³/mol. The molecule has 130 valence electrons. The van der Waals surface area contributed by atoms with E-state index in [1.54, 1.807) is 11.0 Å². The van der Waals surface area contributed by atoms with Gasteiger partial charge in [0.25, 0.3) is 5.22 Å². The molecular formula is C17H22N2O4S. The minimum Gasteiger partial charge on any atom is -0.444 e. The van der Waals surface area contributed by atoms with Gasteiger partial charge in [-0.15, -0.1) is 0 Å². The van der Waals surface area contributed by atoms with Crippen molar-refractivity contribution >= 4 is 28.0 Å². The van der Waals surface area contributed by atoms with E-state index in [4.69, 9.17) is 9.15 Å². The molecule has 0 unspecified atom stereocenters. The minimum absolute atomic E-state index is 0.195. The number of rotatable bonds is 2. The number of amides is 1. The summed E-state index contributed by atoms with van der Waals surface area (Å²) in [5.41, 5.74) is 0.782. The van der Waals surface area contributed by atoms with Gasteiger partial charge in [0.1, 0.15) is 21.9 Å². The Morgan fingerprint density at radius 1 is 1.38 bits per heavy atom. The summed E-state index contributed by atoms with van der Waals surface area (Å²) >= 11 is 0. The Bertz CT molecular complexity index is 732. The summed E-state index contributed by atoms with van der Waals surface area (Å²) in [5.74, 6) is 0. The SMILES string of the molecule is CC(C)(C)OC(=O)N1CCC[C@H]([S@@](=O)c2nc3ccccc3o2)C1. The summed E-state index contributed by atoms with van der Waals surface area (Å²) in [6.45, 7) is 6.52. The van der Waals surface area contributed by atoms with Crippen LogP contribution < -0.4 is 0 Å². The molecule has 1 aliphatic rings. The molecule has 1 aromatic carbocycles. The maximum absolute atomic E-state index is 12.8. The fourth-order valence-electron chi connectivity index (χ4n) is 2.68. The number of carbonyl (C=O) groups is 1. The molecule has 24 heavy (non-hydrogen) atoms. The molecule has 6 nitrogen and oxygen atoms in total. The molecule has 0 bridgehead atoms. The van der Waals surface area contributed by atoms with Crippen LogP contribution in [0, 0.1) is 0 Å². The van der Waals surface area contributed by atoms with Crippen molar-refractivity contribution in [2.75, 3.05) is 13.1 Å². The van der Waals surface area contributed by atoms with E-state index in [-0.39, 0.29) is 16.6 Å². The molecule has 0 aliphatic carbocycles. The number of oxazole rings is 1. The van der Waals surface area contributed by atoms with Gasteiger partial charge in [-0.1, -0.05) is 12.1 Å². The normalized spacial score (nSPS) is 20.1. The van der Waals surface area contributed by atoms with Gasteiger partial charge < -0.3 is 14.1 Å².